The molecule has 1 aromatic heterocycles. The topological polar surface area (TPSA) is 71.2 Å². The molecule has 1 aromatic rings. The lowest BCUT2D eigenvalue weighted by Gasteiger charge is -2.29. The summed E-state index contributed by atoms with van der Waals surface area (Å²) in [7, 11) is 1.80. The average Bonchev–Trinajstić information content (AvgIpc) is 3.17. The number of nitrogen functional groups attached to an aromatic ring is 1. The molecule has 2 heterocycles. The summed E-state index contributed by atoms with van der Waals surface area (Å²) in [6.07, 6.45) is 7.44. The lowest BCUT2D eigenvalue weighted by molar-refractivity contribution is 0.0695. The van der Waals surface area contributed by atoms with Gasteiger partial charge >= 0.3 is 0 Å². The maximum Gasteiger partial charge on any atom is 0.268 e. The summed E-state index contributed by atoms with van der Waals surface area (Å²) < 4.78 is 0. The number of likely N-dealkylation sites (tertiary alicyclic amines) is 1. The minimum absolute atomic E-state index is 0.0795. The van der Waals surface area contributed by atoms with Crippen LogP contribution in [0.15, 0.2) is 0 Å². The molecule has 3 rings (SSSR count). The number of anilines is 2. The Morgan fingerprint density at radius 3 is 2.75 bits per heavy atom. The van der Waals surface area contributed by atoms with E-state index in [4.69, 9.17) is 5.73 Å². The number of carbonyl (C=O) groups excluding carboxylic acids is 1. The second-order valence-electron chi connectivity index (χ2n) is 5.74. The summed E-state index contributed by atoms with van der Waals surface area (Å²) in [4.78, 5) is 19.6. The lowest BCUT2D eigenvalue weighted by Crippen LogP contribution is -2.39. The SMILES string of the molecule is CNc1nc(N)c(C(=O)N2CCCC2C2CCCC2)s1. The Hall–Kier alpha value is -1.30. The van der Waals surface area contributed by atoms with Crippen molar-refractivity contribution in [1.82, 2.24) is 9.88 Å². The van der Waals surface area contributed by atoms with Crippen LogP contribution < -0.4 is 11.1 Å². The second-order valence-corrected chi connectivity index (χ2v) is 6.74. The van der Waals surface area contributed by atoms with E-state index in [-0.39, 0.29) is 5.91 Å². The fourth-order valence-corrected chi connectivity index (χ4v) is 4.39. The van der Waals surface area contributed by atoms with Gasteiger partial charge in [0, 0.05) is 19.6 Å². The molecule has 0 radical (unpaired) electrons. The third kappa shape index (κ3) is 2.37. The second kappa shape index (κ2) is 5.60. The molecule has 6 heteroatoms. The number of aromatic nitrogens is 1. The molecule has 1 atom stereocenters. The number of hydrogen-bond donors (Lipinski definition) is 2. The predicted molar refractivity (Wildman–Crippen MR) is 82.1 cm³/mol. The molecule has 2 fully saturated rings. The zero-order valence-corrected chi connectivity index (χ0v) is 12.7. The number of hydrogen-bond acceptors (Lipinski definition) is 5. The number of nitrogens with zero attached hydrogens (tertiary/aromatic N) is 2. The maximum atomic E-state index is 12.8. The smallest absolute Gasteiger partial charge is 0.268 e. The monoisotopic (exact) mass is 294 g/mol. The van der Waals surface area contributed by atoms with Crippen LogP contribution in [0.5, 0.6) is 0 Å². The third-order valence-electron chi connectivity index (χ3n) is 4.57. The minimum atomic E-state index is 0.0795. The van der Waals surface area contributed by atoms with Crippen LogP contribution in [0.1, 0.15) is 48.2 Å². The van der Waals surface area contributed by atoms with Gasteiger partial charge in [-0.3, -0.25) is 4.79 Å². The van der Waals surface area contributed by atoms with Gasteiger partial charge in [-0.2, -0.15) is 0 Å². The Morgan fingerprint density at radius 1 is 1.35 bits per heavy atom. The van der Waals surface area contributed by atoms with E-state index in [2.05, 4.69) is 15.2 Å². The van der Waals surface area contributed by atoms with Gasteiger partial charge < -0.3 is 16.0 Å². The maximum absolute atomic E-state index is 12.8. The van der Waals surface area contributed by atoms with Crippen molar-refractivity contribution < 1.29 is 4.79 Å². The van der Waals surface area contributed by atoms with Crippen molar-refractivity contribution in [3.8, 4) is 0 Å². The van der Waals surface area contributed by atoms with Gasteiger partial charge in [-0.25, -0.2) is 4.98 Å². The molecule has 110 valence electrons. The normalized spacial score (nSPS) is 23.4. The van der Waals surface area contributed by atoms with E-state index >= 15 is 0 Å². The average molecular weight is 294 g/mol. The molecule has 20 heavy (non-hydrogen) atoms. The molecular weight excluding hydrogens is 272 g/mol. The van der Waals surface area contributed by atoms with Crippen LogP contribution in [0.25, 0.3) is 0 Å². The largest absolute Gasteiger partial charge is 0.382 e. The van der Waals surface area contributed by atoms with Crippen molar-refractivity contribution >= 4 is 28.2 Å². The molecule has 1 aliphatic carbocycles. The molecular formula is C14H22N4OS. The molecule has 1 saturated carbocycles. The predicted octanol–water partition coefficient (Wildman–Crippen LogP) is 2.56. The van der Waals surface area contributed by atoms with Crippen LogP contribution in [-0.2, 0) is 0 Å². The van der Waals surface area contributed by atoms with E-state index < -0.39 is 0 Å². The summed E-state index contributed by atoms with van der Waals surface area (Å²) in [5.41, 5.74) is 5.90. The van der Waals surface area contributed by atoms with Gasteiger partial charge in [0.25, 0.3) is 5.91 Å². The summed E-state index contributed by atoms with van der Waals surface area (Å²) in [5.74, 6) is 1.14. The summed E-state index contributed by atoms with van der Waals surface area (Å²) in [5, 5.41) is 3.67. The lowest BCUT2D eigenvalue weighted by atomic mass is 9.96. The molecule has 1 amide bonds. The molecule has 0 bridgehead atoms. The summed E-state index contributed by atoms with van der Waals surface area (Å²) >= 11 is 1.36. The van der Waals surface area contributed by atoms with E-state index in [9.17, 15) is 4.79 Å². The highest BCUT2D eigenvalue weighted by molar-refractivity contribution is 7.18. The van der Waals surface area contributed by atoms with Crippen molar-refractivity contribution in [2.24, 2.45) is 5.92 Å². The number of thiazole rings is 1. The number of nitrogens with one attached hydrogen (secondary N) is 1. The van der Waals surface area contributed by atoms with E-state index in [1.165, 1.54) is 37.0 Å². The van der Waals surface area contributed by atoms with Gasteiger partial charge in [-0.05, 0) is 31.6 Å². The molecule has 1 aliphatic heterocycles. The van der Waals surface area contributed by atoms with Crippen LogP contribution in [0.2, 0.25) is 0 Å². The van der Waals surface area contributed by atoms with Crippen molar-refractivity contribution in [3.63, 3.8) is 0 Å². The first-order valence-electron chi connectivity index (χ1n) is 7.45. The van der Waals surface area contributed by atoms with Crippen molar-refractivity contribution in [2.75, 3.05) is 24.6 Å². The quantitative estimate of drug-likeness (QED) is 0.898. The standard InChI is InChI=1S/C14H22N4OS/c1-16-14-17-12(15)11(20-14)13(19)18-8-4-7-10(18)9-5-2-3-6-9/h9-10H,2-8,15H2,1H3,(H,16,17). The first-order valence-corrected chi connectivity index (χ1v) is 8.27. The van der Waals surface area contributed by atoms with Crippen LogP contribution >= 0.6 is 11.3 Å². The van der Waals surface area contributed by atoms with Gasteiger partial charge in [-0.15, -0.1) is 0 Å². The molecule has 1 saturated heterocycles. The molecule has 2 aliphatic rings. The highest BCUT2D eigenvalue weighted by Crippen LogP contribution is 2.37. The number of rotatable bonds is 3. The molecule has 5 nitrogen and oxygen atoms in total. The molecule has 3 N–H and O–H groups in total. The van der Waals surface area contributed by atoms with Gasteiger partial charge in [0.15, 0.2) is 5.13 Å². The Labute approximate surface area is 123 Å². The number of amides is 1. The minimum Gasteiger partial charge on any atom is -0.382 e. The first-order chi connectivity index (χ1) is 9.70. The highest BCUT2D eigenvalue weighted by atomic mass is 32.1. The fraction of sp³-hybridized carbons (Fsp3) is 0.714. The van der Waals surface area contributed by atoms with Gasteiger partial charge in [0.2, 0.25) is 0 Å². The number of nitrogens with two attached hydrogens (primary N) is 1. The fourth-order valence-electron chi connectivity index (χ4n) is 3.60. The van der Waals surface area contributed by atoms with E-state index in [0.29, 0.717) is 27.8 Å². The molecule has 0 spiro atoms. The van der Waals surface area contributed by atoms with Crippen LogP contribution in [0.3, 0.4) is 0 Å². The van der Waals surface area contributed by atoms with Crippen molar-refractivity contribution in [1.29, 1.82) is 0 Å². The highest BCUT2D eigenvalue weighted by Gasteiger charge is 2.37. The van der Waals surface area contributed by atoms with Crippen LogP contribution in [0, 0.1) is 5.92 Å². The van der Waals surface area contributed by atoms with Crippen molar-refractivity contribution in [3.05, 3.63) is 4.88 Å². The Morgan fingerprint density at radius 2 is 2.10 bits per heavy atom. The zero-order chi connectivity index (χ0) is 14.1. The first kappa shape index (κ1) is 13.7. The summed E-state index contributed by atoms with van der Waals surface area (Å²) in [6, 6.07) is 0.421. The summed E-state index contributed by atoms with van der Waals surface area (Å²) in [6.45, 7) is 0.867. The van der Waals surface area contributed by atoms with E-state index in [1.807, 2.05) is 0 Å². The zero-order valence-electron chi connectivity index (χ0n) is 11.9. The van der Waals surface area contributed by atoms with E-state index in [0.717, 1.165) is 19.4 Å². The Balaban J connectivity index is 1.79. The van der Waals surface area contributed by atoms with Gasteiger partial charge in [0.05, 0.1) is 0 Å². The van der Waals surface area contributed by atoms with Gasteiger partial charge in [0.1, 0.15) is 10.7 Å². The third-order valence-corrected chi connectivity index (χ3v) is 5.64. The Bertz CT molecular complexity index is 495. The Kier molecular flexibility index (Phi) is 3.83. The molecule has 1 unspecified atom stereocenters. The van der Waals surface area contributed by atoms with Gasteiger partial charge in [-0.1, -0.05) is 24.2 Å². The van der Waals surface area contributed by atoms with Crippen LogP contribution in [-0.4, -0.2) is 35.4 Å². The number of carbonyl (C=O) groups is 1. The van der Waals surface area contributed by atoms with E-state index in [1.54, 1.807) is 7.05 Å². The van der Waals surface area contributed by atoms with Crippen LogP contribution in [0.4, 0.5) is 10.9 Å². The molecule has 0 aromatic carbocycles. The van der Waals surface area contributed by atoms with Crippen molar-refractivity contribution in [2.45, 2.75) is 44.6 Å².